The van der Waals surface area contributed by atoms with E-state index in [0.717, 1.165) is 22.4 Å². The summed E-state index contributed by atoms with van der Waals surface area (Å²) in [7, 11) is 1.62. The number of methoxy groups -OCH3 is 1. The molecule has 1 aromatic carbocycles. The third-order valence-electron chi connectivity index (χ3n) is 2.99. The van der Waals surface area contributed by atoms with Crippen molar-refractivity contribution in [3.8, 4) is 5.75 Å². The molecule has 0 aliphatic carbocycles. The third kappa shape index (κ3) is 2.99. The van der Waals surface area contributed by atoms with Crippen molar-refractivity contribution in [3.05, 3.63) is 28.8 Å². The van der Waals surface area contributed by atoms with Gasteiger partial charge < -0.3 is 9.84 Å². The molecule has 0 saturated carbocycles. The van der Waals surface area contributed by atoms with Gasteiger partial charge in [-0.15, -0.1) is 0 Å². The molecular formula is C14H20O3. The Bertz CT molecular complexity index is 433. The van der Waals surface area contributed by atoms with Crippen LogP contribution in [0.15, 0.2) is 12.1 Å². The molecule has 0 saturated heterocycles. The van der Waals surface area contributed by atoms with Gasteiger partial charge in [0.1, 0.15) is 5.75 Å². The lowest BCUT2D eigenvalue weighted by molar-refractivity contribution is -0.146. The molecule has 0 fully saturated rings. The number of carboxylic acid groups (broad SMARTS) is 1. The fourth-order valence-electron chi connectivity index (χ4n) is 1.88. The smallest absolute Gasteiger partial charge is 0.309 e. The van der Waals surface area contributed by atoms with E-state index in [1.54, 1.807) is 21.0 Å². The van der Waals surface area contributed by atoms with E-state index in [-0.39, 0.29) is 0 Å². The summed E-state index contributed by atoms with van der Waals surface area (Å²) in [5.74, 6) is -0.0173. The first-order chi connectivity index (χ1) is 7.77. The van der Waals surface area contributed by atoms with E-state index < -0.39 is 11.4 Å². The highest BCUT2D eigenvalue weighted by Crippen LogP contribution is 2.31. The number of hydrogen-bond acceptors (Lipinski definition) is 2. The molecule has 0 heterocycles. The lowest BCUT2D eigenvalue weighted by Gasteiger charge is -2.22. The van der Waals surface area contributed by atoms with Gasteiger partial charge in [0.15, 0.2) is 0 Å². The minimum absolute atomic E-state index is 0.470. The van der Waals surface area contributed by atoms with Crippen molar-refractivity contribution >= 4 is 5.97 Å². The van der Waals surface area contributed by atoms with E-state index in [2.05, 4.69) is 6.07 Å². The Morgan fingerprint density at radius 3 is 2.41 bits per heavy atom. The van der Waals surface area contributed by atoms with Gasteiger partial charge in [-0.1, -0.05) is 6.07 Å². The monoisotopic (exact) mass is 236 g/mol. The molecule has 0 bridgehead atoms. The Balaban J connectivity index is 3.18. The standard InChI is InChI=1S/C14H20O3/c1-9-6-10(2)11(12(7-9)17-5)8-14(3,4)13(15)16/h6-7H,8H2,1-5H3,(H,15,16). The van der Waals surface area contributed by atoms with Crippen LogP contribution in [-0.4, -0.2) is 18.2 Å². The highest BCUT2D eigenvalue weighted by atomic mass is 16.5. The summed E-state index contributed by atoms with van der Waals surface area (Å²) in [4.78, 5) is 11.2. The van der Waals surface area contributed by atoms with Crippen LogP contribution in [0.25, 0.3) is 0 Å². The Hall–Kier alpha value is -1.51. The largest absolute Gasteiger partial charge is 0.496 e. The molecule has 17 heavy (non-hydrogen) atoms. The van der Waals surface area contributed by atoms with Crippen LogP contribution in [0.2, 0.25) is 0 Å². The van der Waals surface area contributed by atoms with Gasteiger partial charge in [-0.3, -0.25) is 4.79 Å². The summed E-state index contributed by atoms with van der Waals surface area (Å²) in [5.41, 5.74) is 2.39. The Labute approximate surface area is 102 Å². The average molecular weight is 236 g/mol. The third-order valence-corrected chi connectivity index (χ3v) is 2.99. The van der Waals surface area contributed by atoms with Crippen molar-refractivity contribution in [1.29, 1.82) is 0 Å². The number of carbonyl (C=O) groups is 1. The van der Waals surface area contributed by atoms with Gasteiger partial charge in [0.05, 0.1) is 12.5 Å². The average Bonchev–Trinajstić information content (AvgIpc) is 2.21. The quantitative estimate of drug-likeness (QED) is 0.874. The Kier molecular flexibility index (Phi) is 3.81. The topological polar surface area (TPSA) is 46.5 Å². The molecular weight excluding hydrogens is 216 g/mol. The predicted molar refractivity (Wildman–Crippen MR) is 67.6 cm³/mol. The summed E-state index contributed by atoms with van der Waals surface area (Å²) in [5, 5.41) is 9.17. The van der Waals surface area contributed by atoms with Crippen LogP contribution >= 0.6 is 0 Å². The van der Waals surface area contributed by atoms with Gasteiger partial charge in [-0.05, 0) is 56.9 Å². The van der Waals surface area contributed by atoms with Crippen molar-refractivity contribution in [3.63, 3.8) is 0 Å². The number of ether oxygens (including phenoxy) is 1. The molecule has 0 atom stereocenters. The molecule has 94 valence electrons. The number of benzene rings is 1. The zero-order valence-corrected chi connectivity index (χ0v) is 11.1. The van der Waals surface area contributed by atoms with Gasteiger partial charge in [0, 0.05) is 0 Å². The maximum Gasteiger partial charge on any atom is 0.309 e. The number of hydrogen-bond donors (Lipinski definition) is 1. The first-order valence-electron chi connectivity index (χ1n) is 5.65. The van der Waals surface area contributed by atoms with Gasteiger partial charge in [0.25, 0.3) is 0 Å². The van der Waals surface area contributed by atoms with E-state index in [4.69, 9.17) is 4.74 Å². The van der Waals surface area contributed by atoms with E-state index in [1.165, 1.54) is 0 Å². The summed E-state index contributed by atoms with van der Waals surface area (Å²) >= 11 is 0. The van der Waals surface area contributed by atoms with Crippen LogP contribution in [-0.2, 0) is 11.2 Å². The zero-order valence-electron chi connectivity index (χ0n) is 11.1. The molecule has 0 aliphatic rings. The van der Waals surface area contributed by atoms with Gasteiger partial charge in [-0.25, -0.2) is 0 Å². The summed E-state index contributed by atoms with van der Waals surface area (Å²) in [6.07, 6.45) is 0.470. The van der Waals surface area contributed by atoms with Gasteiger partial charge in [0.2, 0.25) is 0 Å². The van der Waals surface area contributed by atoms with Crippen LogP contribution in [0.4, 0.5) is 0 Å². The zero-order chi connectivity index (χ0) is 13.2. The van der Waals surface area contributed by atoms with E-state index in [0.29, 0.717) is 6.42 Å². The van der Waals surface area contributed by atoms with E-state index in [1.807, 2.05) is 19.9 Å². The fraction of sp³-hybridized carbons (Fsp3) is 0.500. The molecule has 3 nitrogen and oxygen atoms in total. The van der Waals surface area contributed by atoms with Gasteiger partial charge >= 0.3 is 5.97 Å². The molecule has 0 radical (unpaired) electrons. The molecule has 0 amide bonds. The second-order valence-electron chi connectivity index (χ2n) is 5.13. The molecule has 1 rings (SSSR count). The molecule has 0 spiro atoms. The van der Waals surface area contributed by atoms with E-state index in [9.17, 15) is 9.90 Å². The molecule has 3 heteroatoms. The predicted octanol–water partition coefficient (Wildman–Crippen LogP) is 2.97. The van der Waals surface area contributed by atoms with Gasteiger partial charge in [-0.2, -0.15) is 0 Å². The SMILES string of the molecule is COc1cc(C)cc(C)c1CC(C)(C)C(=O)O. The lowest BCUT2D eigenvalue weighted by atomic mass is 9.83. The number of aliphatic carboxylic acids is 1. The van der Waals surface area contributed by atoms with Crippen LogP contribution in [0, 0.1) is 19.3 Å². The van der Waals surface area contributed by atoms with Crippen LogP contribution < -0.4 is 4.74 Å². The summed E-state index contributed by atoms with van der Waals surface area (Å²) in [6, 6.07) is 4.00. The second-order valence-corrected chi connectivity index (χ2v) is 5.13. The molecule has 0 aromatic heterocycles. The highest BCUT2D eigenvalue weighted by Gasteiger charge is 2.29. The number of carboxylic acids is 1. The van der Waals surface area contributed by atoms with Crippen molar-refractivity contribution in [2.75, 3.05) is 7.11 Å². The first kappa shape index (κ1) is 13.6. The van der Waals surface area contributed by atoms with Crippen molar-refractivity contribution in [1.82, 2.24) is 0 Å². The maximum atomic E-state index is 11.2. The summed E-state index contributed by atoms with van der Waals surface area (Å²) < 4.78 is 5.34. The lowest BCUT2D eigenvalue weighted by Crippen LogP contribution is -2.26. The maximum absolute atomic E-state index is 11.2. The Morgan fingerprint density at radius 2 is 1.94 bits per heavy atom. The minimum Gasteiger partial charge on any atom is -0.496 e. The van der Waals surface area contributed by atoms with Crippen LogP contribution in [0.3, 0.4) is 0 Å². The van der Waals surface area contributed by atoms with Crippen molar-refractivity contribution < 1.29 is 14.6 Å². The molecule has 1 aromatic rings. The van der Waals surface area contributed by atoms with Crippen molar-refractivity contribution in [2.24, 2.45) is 5.41 Å². The molecule has 0 aliphatic heterocycles. The molecule has 1 N–H and O–H groups in total. The second kappa shape index (κ2) is 4.78. The number of rotatable bonds is 4. The van der Waals surface area contributed by atoms with Crippen molar-refractivity contribution in [2.45, 2.75) is 34.1 Å². The van der Waals surface area contributed by atoms with Crippen LogP contribution in [0.5, 0.6) is 5.75 Å². The van der Waals surface area contributed by atoms with E-state index >= 15 is 0 Å². The first-order valence-corrected chi connectivity index (χ1v) is 5.65. The summed E-state index contributed by atoms with van der Waals surface area (Å²) in [6.45, 7) is 7.45. The fourth-order valence-corrected chi connectivity index (χ4v) is 1.88. The minimum atomic E-state index is -0.792. The molecule has 0 unspecified atom stereocenters. The highest BCUT2D eigenvalue weighted by molar-refractivity contribution is 5.74. The number of aryl methyl sites for hydroxylation is 2. The van der Waals surface area contributed by atoms with Crippen LogP contribution in [0.1, 0.15) is 30.5 Å². The normalized spacial score (nSPS) is 11.4. The Morgan fingerprint density at radius 1 is 1.35 bits per heavy atom.